The summed E-state index contributed by atoms with van der Waals surface area (Å²) in [6, 6.07) is 20.1. The lowest BCUT2D eigenvalue weighted by atomic mass is 9.94. The van der Waals surface area contributed by atoms with E-state index in [1.165, 1.54) is 7.05 Å². The van der Waals surface area contributed by atoms with Gasteiger partial charge >= 0.3 is 0 Å². The van der Waals surface area contributed by atoms with Gasteiger partial charge in [0.05, 0.1) is 15.8 Å². The van der Waals surface area contributed by atoms with Crippen molar-refractivity contribution in [2.75, 3.05) is 12.4 Å². The maximum Gasteiger partial charge on any atom is 0.240 e. The van der Waals surface area contributed by atoms with Crippen LogP contribution in [0.3, 0.4) is 0 Å². The van der Waals surface area contributed by atoms with Crippen LogP contribution < -0.4 is 10.0 Å². The van der Waals surface area contributed by atoms with Crippen molar-refractivity contribution in [1.29, 1.82) is 0 Å². The highest BCUT2D eigenvalue weighted by Gasteiger charge is 2.51. The van der Waals surface area contributed by atoms with Crippen LogP contribution in [0.25, 0.3) is 22.2 Å². The lowest BCUT2D eigenvalue weighted by Gasteiger charge is -2.16. The Hall–Kier alpha value is -3.56. The second kappa shape index (κ2) is 7.79. The van der Waals surface area contributed by atoms with Gasteiger partial charge in [-0.05, 0) is 73.0 Å². The predicted molar refractivity (Wildman–Crippen MR) is 128 cm³/mol. The van der Waals surface area contributed by atoms with Crippen molar-refractivity contribution in [3.8, 4) is 11.1 Å². The van der Waals surface area contributed by atoms with E-state index in [1.54, 1.807) is 28.9 Å². The van der Waals surface area contributed by atoms with Gasteiger partial charge in [0, 0.05) is 14.2 Å². The number of fused-ring (bicyclic) bond motifs is 1. The van der Waals surface area contributed by atoms with Crippen LogP contribution in [0, 0.1) is 0 Å². The number of aromatic nitrogens is 3. The first kappa shape index (κ1) is 21.3. The number of hydrogen-bond acceptors (Lipinski definition) is 5. The first-order valence-corrected chi connectivity index (χ1v) is 12.1. The number of carbonyl (C=O) groups is 1. The highest BCUT2D eigenvalue weighted by Crippen LogP contribution is 2.49. The number of anilines is 1. The van der Waals surface area contributed by atoms with Crippen molar-refractivity contribution in [1.82, 2.24) is 19.7 Å². The number of nitrogens with zero attached hydrogens (tertiary/aromatic N) is 3. The molecule has 0 atom stereocenters. The molecule has 33 heavy (non-hydrogen) atoms. The van der Waals surface area contributed by atoms with Gasteiger partial charge in [0.15, 0.2) is 0 Å². The third-order valence-electron chi connectivity index (χ3n) is 6.24. The maximum absolute atomic E-state index is 13.2. The molecule has 170 valence electrons. The lowest BCUT2D eigenvalue weighted by Crippen LogP contribution is -2.27. The minimum atomic E-state index is -3.49. The van der Waals surface area contributed by atoms with Gasteiger partial charge in [-0.1, -0.05) is 35.5 Å². The van der Waals surface area contributed by atoms with Gasteiger partial charge in [-0.15, -0.1) is 5.10 Å². The molecular weight excluding hydrogens is 438 g/mol. The van der Waals surface area contributed by atoms with Crippen LogP contribution in [0.1, 0.15) is 19.8 Å². The third kappa shape index (κ3) is 3.79. The van der Waals surface area contributed by atoms with E-state index in [9.17, 15) is 13.2 Å². The van der Waals surface area contributed by atoms with Crippen molar-refractivity contribution in [2.24, 2.45) is 7.05 Å². The number of hydrogen-bond donors (Lipinski definition) is 2. The minimum Gasteiger partial charge on any atom is -0.325 e. The molecule has 0 unspecified atom stereocenters. The molecule has 0 radical (unpaired) electrons. The summed E-state index contributed by atoms with van der Waals surface area (Å²) in [5.41, 5.74) is 4.53. The Labute approximate surface area is 193 Å². The van der Waals surface area contributed by atoms with E-state index in [-0.39, 0.29) is 12.2 Å². The number of amides is 1. The van der Waals surface area contributed by atoms with E-state index in [0.717, 1.165) is 40.6 Å². The minimum absolute atomic E-state index is 0. The molecule has 0 aliphatic heterocycles. The molecule has 1 heterocycles. The van der Waals surface area contributed by atoms with E-state index in [4.69, 9.17) is 0 Å². The highest BCUT2D eigenvalue weighted by atomic mass is 32.2. The summed E-state index contributed by atoms with van der Waals surface area (Å²) in [6.07, 6.45) is 1.57. The molecule has 0 spiro atoms. The zero-order valence-corrected chi connectivity index (χ0v) is 19.1. The normalized spacial score (nSPS) is 14.8. The zero-order chi connectivity index (χ0) is 23.2. The molecule has 5 rings (SSSR count). The van der Waals surface area contributed by atoms with Gasteiger partial charge in [0.2, 0.25) is 15.9 Å². The summed E-state index contributed by atoms with van der Waals surface area (Å²) < 4.78 is 27.9. The van der Waals surface area contributed by atoms with Crippen LogP contribution in [0.2, 0.25) is 0 Å². The van der Waals surface area contributed by atoms with E-state index in [2.05, 4.69) is 20.4 Å². The van der Waals surface area contributed by atoms with Gasteiger partial charge in [-0.25, -0.2) is 17.8 Å². The standard InChI is InChI=1S/C24H23N5O3S.H2/c1-25-33(31,32)20-9-6-16(7-10-20)17-4-3-5-19(14-17)26-23(30)24(12-13-24)18-8-11-22-21(15-18)27-28-29(22)2;/h3-11,14-15,25H,12-13H2,1-2H3,(H,26,30);1H. The van der Waals surface area contributed by atoms with Crippen LogP contribution in [0.4, 0.5) is 5.69 Å². The molecule has 1 aliphatic rings. The fourth-order valence-electron chi connectivity index (χ4n) is 4.08. The van der Waals surface area contributed by atoms with E-state index < -0.39 is 15.4 Å². The molecule has 4 aromatic rings. The zero-order valence-electron chi connectivity index (χ0n) is 18.2. The van der Waals surface area contributed by atoms with Crippen LogP contribution in [0.15, 0.2) is 71.6 Å². The Morgan fingerprint density at radius 1 is 1.03 bits per heavy atom. The number of nitrogens with one attached hydrogen (secondary N) is 2. The molecule has 1 fully saturated rings. The van der Waals surface area contributed by atoms with E-state index in [1.807, 2.05) is 49.5 Å². The van der Waals surface area contributed by atoms with Crippen LogP contribution >= 0.6 is 0 Å². The van der Waals surface area contributed by atoms with E-state index >= 15 is 0 Å². The summed E-state index contributed by atoms with van der Waals surface area (Å²) in [4.78, 5) is 13.5. The quantitative estimate of drug-likeness (QED) is 0.456. The summed E-state index contributed by atoms with van der Waals surface area (Å²) in [6.45, 7) is 0. The lowest BCUT2D eigenvalue weighted by molar-refractivity contribution is -0.118. The van der Waals surface area contributed by atoms with Crippen molar-refractivity contribution < 1.29 is 14.6 Å². The molecular formula is C24H25N5O3S. The average molecular weight is 464 g/mol. The highest BCUT2D eigenvalue weighted by molar-refractivity contribution is 7.89. The predicted octanol–water partition coefficient (Wildman–Crippen LogP) is 3.46. The number of carbonyl (C=O) groups excluding carboxylic acids is 1. The largest absolute Gasteiger partial charge is 0.325 e. The molecule has 3 aromatic carbocycles. The number of benzene rings is 3. The van der Waals surface area contributed by atoms with Gasteiger partial charge in [-0.2, -0.15) is 0 Å². The number of sulfonamides is 1. The average Bonchev–Trinajstić information content (AvgIpc) is 3.57. The topological polar surface area (TPSA) is 106 Å². The third-order valence-corrected chi connectivity index (χ3v) is 7.67. The SMILES string of the molecule is CNS(=O)(=O)c1ccc(-c2cccc(NC(=O)C3(c4ccc5c(c4)nnn5C)CC3)c2)cc1.[HH]. The molecule has 2 N–H and O–H groups in total. The fraction of sp³-hybridized carbons (Fsp3) is 0.208. The molecule has 0 saturated heterocycles. The molecule has 1 aromatic heterocycles. The maximum atomic E-state index is 13.2. The van der Waals surface area contributed by atoms with Crippen LogP contribution in [-0.2, 0) is 27.3 Å². The Kier molecular flexibility index (Phi) is 5.02. The Morgan fingerprint density at radius 2 is 1.79 bits per heavy atom. The van der Waals surface area contributed by atoms with Gasteiger partial charge in [0.25, 0.3) is 0 Å². The van der Waals surface area contributed by atoms with E-state index in [0.29, 0.717) is 5.69 Å². The van der Waals surface area contributed by atoms with Crippen molar-refractivity contribution in [2.45, 2.75) is 23.2 Å². The first-order valence-electron chi connectivity index (χ1n) is 10.6. The molecule has 1 aliphatic carbocycles. The molecule has 1 amide bonds. The van der Waals surface area contributed by atoms with Crippen molar-refractivity contribution in [3.05, 3.63) is 72.3 Å². The molecule has 8 nitrogen and oxygen atoms in total. The Bertz CT molecular complexity index is 1480. The molecule has 9 heteroatoms. The summed E-state index contributed by atoms with van der Waals surface area (Å²) in [5.74, 6) is -0.0432. The monoisotopic (exact) mass is 463 g/mol. The van der Waals surface area contributed by atoms with Crippen molar-refractivity contribution >= 4 is 32.7 Å². The second-order valence-electron chi connectivity index (χ2n) is 8.27. The Balaban J connectivity index is 0.00000274. The summed E-state index contributed by atoms with van der Waals surface area (Å²) in [7, 11) is -0.262. The van der Waals surface area contributed by atoms with Crippen LogP contribution in [0.5, 0.6) is 0 Å². The van der Waals surface area contributed by atoms with Gasteiger partial charge in [-0.3, -0.25) is 4.79 Å². The smallest absolute Gasteiger partial charge is 0.240 e. The molecule has 0 bridgehead atoms. The molecule has 1 saturated carbocycles. The second-order valence-corrected chi connectivity index (χ2v) is 10.2. The Morgan fingerprint density at radius 3 is 2.48 bits per heavy atom. The van der Waals surface area contributed by atoms with Gasteiger partial charge in [0.1, 0.15) is 5.52 Å². The van der Waals surface area contributed by atoms with Crippen LogP contribution in [-0.4, -0.2) is 36.4 Å². The summed E-state index contributed by atoms with van der Waals surface area (Å²) in [5, 5.41) is 11.3. The summed E-state index contributed by atoms with van der Waals surface area (Å²) >= 11 is 0. The number of aryl methyl sites for hydroxylation is 1. The fourth-order valence-corrected chi connectivity index (χ4v) is 4.81. The first-order chi connectivity index (χ1) is 15.8. The van der Waals surface area contributed by atoms with Crippen molar-refractivity contribution in [3.63, 3.8) is 0 Å². The number of rotatable bonds is 6. The van der Waals surface area contributed by atoms with Gasteiger partial charge < -0.3 is 5.32 Å².